The van der Waals surface area contributed by atoms with Crippen LogP contribution in [0.2, 0.25) is 0 Å². The predicted octanol–water partition coefficient (Wildman–Crippen LogP) is 1.89. The van der Waals surface area contributed by atoms with Crippen molar-refractivity contribution in [1.29, 1.82) is 0 Å². The number of aryl methyl sites for hydroxylation is 1. The third-order valence-electron chi connectivity index (χ3n) is 3.79. The van der Waals surface area contributed by atoms with Gasteiger partial charge in [-0.1, -0.05) is 25.1 Å². The smallest absolute Gasteiger partial charge is 0.322 e. The summed E-state index contributed by atoms with van der Waals surface area (Å²) in [6.45, 7) is 5.28. The molecule has 1 aliphatic rings. The summed E-state index contributed by atoms with van der Waals surface area (Å²) in [5, 5.41) is 12.3. The van der Waals surface area contributed by atoms with Crippen LogP contribution in [0.4, 0.5) is 5.69 Å². The summed E-state index contributed by atoms with van der Waals surface area (Å²) in [5.74, 6) is -0.780. The largest absolute Gasteiger partial charge is 0.480 e. The molecular weight excluding hydrogens is 240 g/mol. The molecule has 104 valence electrons. The molecule has 4 heteroatoms. The summed E-state index contributed by atoms with van der Waals surface area (Å²) >= 11 is 0. The second kappa shape index (κ2) is 6.06. The molecule has 0 fully saturated rings. The maximum atomic E-state index is 11.3. The molecule has 1 aromatic rings. The number of benzene rings is 1. The first kappa shape index (κ1) is 13.9. The summed E-state index contributed by atoms with van der Waals surface area (Å²) in [5.41, 5.74) is 2.51. The van der Waals surface area contributed by atoms with Crippen molar-refractivity contribution in [2.75, 3.05) is 18.0 Å². The van der Waals surface area contributed by atoms with Crippen molar-refractivity contribution < 1.29 is 9.90 Å². The van der Waals surface area contributed by atoms with Crippen LogP contribution >= 0.6 is 0 Å². The summed E-state index contributed by atoms with van der Waals surface area (Å²) in [6, 6.07) is 8.17. The Morgan fingerprint density at radius 3 is 2.95 bits per heavy atom. The van der Waals surface area contributed by atoms with Crippen LogP contribution in [-0.4, -0.2) is 36.2 Å². The Hall–Kier alpha value is -1.55. The van der Waals surface area contributed by atoms with Gasteiger partial charge in [-0.15, -0.1) is 0 Å². The lowest BCUT2D eigenvalue weighted by atomic mass is 9.96. The minimum absolute atomic E-state index is 0.385. The van der Waals surface area contributed by atoms with Gasteiger partial charge in [0.15, 0.2) is 0 Å². The molecule has 0 amide bonds. The van der Waals surface area contributed by atoms with E-state index < -0.39 is 12.0 Å². The number of carboxylic acids is 1. The topological polar surface area (TPSA) is 52.6 Å². The molecule has 0 bridgehead atoms. The number of carbonyl (C=O) groups is 1. The van der Waals surface area contributed by atoms with E-state index >= 15 is 0 Å². The lowest BCUT2D eigenvalue weighted by Crippen LogP contribution is -2.50. The molecule has 0 aromatic heterocycles. The SMILES string of the molecule is CCNC(CN1c2ccccc2CCC1C)C(=O)O. The highest BCUT2D eigenvalue weighted by atomic mass is 16.4. The zero-order valence-corrected chi connectivity index (χ0v) is 11.6. The van der Waals surface area contributed by atoms with E-state index in [1.165, 1.54) is 11.3 Å². The van der Waals surface area contributed by atoms with Crippen LogP contribution in [0.1, 0.15) is 25.8 Å². The van der Waals surface area contributed by atoms with E-state index in [1.54, 1.807) is 0 Å². The van der Waals surface area contributed by atoms with Crippen molar-refractivity contribution in [3.05, 3.63) is 29.8 Å². The van der Waals surface area contributed by atoms with Crippen LogP contribution in [-0.2, 0) is 11.2 Å². The normalized spacial score (nSPS) is 19.9. The molecule has 1 heterocycles. The van der Waals surface area contributed by atoms with Crippen LogP contribution in [0.3, 0.4) is 0 Å². The number of aliphatic carboxylic acids is 1. The number of nitrogens with one attached hydrogen (secondary N) is 1. The Bertz CT molecular complexity index is 448. The first-order valence-electron chi connectivity index (χ1n) is 6.94. The van der Waals surface area contributed by atoms with Crippen LogP contribution in [0.5, 0.6) is 0 Å². The fraction of sp³-hybridized carbons (Fsp3) is 0.533. The Morgan fingerprint density at radius 2 is 2.26 bits per heavy atom. The Morgan fingerprint density at radius 1 is 1.53 bits per heavy atom. The zero-order valence-electron chi connectivity index (χ0n) is 11.6. The highest BCUT2D eigenvalue weighted by molar-refractivity contribution is 5.75. The van der Waals surface area contributed by atoms with Gasteiger partial charge in [-0.05, 0) is 37.9 Å². The summed E-state index contributed by atoms with van der Waals surface area (Å²) in [7, 11) is 0. The fourth-order valence-corrected chi connectivity index (χ4v) is 2.71. The number of carboxylic acid groups (broad SMARTS) is 1. The van der Waals surface area contributed by atoms with Crippen LogP contribution in [0, 0.1) is 0 Å². The molecule has 0 saturated carbocycles. The number of nitrogens with zero attached hydrogens (tertiary/aromatic N) is 1. The van der Waals surface area contributed by atoms with Gasteiger partial charge in [0.2, 0.25) is 0 Å². The molecule has 1 aliphatic heterocycles. The van der Waals surface area contributed by atoms with Crippen LogP contribution in [0.25, 0.3) is 0 Å². The summed E-state index contributed by atoms with van der Waals surface area (Å²) in [6.07, 6.45) is 2.16. The second-order valence-corrected chi connectivity index (χ2v) is 5.12. The number of hydrogen-bond donors (Lipinski definition) is 2. The highest BCUT2D eigenvalue weighted by Crippen LogP contribution is 2.30. The third-order valence-corrected chi connectivity index (χ3v) is 3.79. The van der Waals surface area contributed by atoms with Crippen molar-refractivity contribution >= 4 is 11.7 Å². The molecule has 0 radical (unpaired) electrons. The number of hydrogen-bond acceptors (Lipinski definition) is 3. The van der Waals surface area contributed by atoms with Crippen molar-refractivity contribution in [3.63, 3.8) is 0 Å². The predicted molar refractivity (Wildman–Crippen MR) is 76.7 cm³/mol. The molecule has 0 aliphatic carbocycles. The third kappa shape index (κ3) is 3.07. The van der Waals surface area contributed by atoms with E-state index in [2.05, 4.69) is 29.3 Å². The quantitative estimate of drug-likeness (QED) is 0.851. The van der Waals surface area contributed by atoms with Gasteiger partial charge < -0.3 is 15.3 Å². The second-order valence-electron chi connectivity index (χ2n) is 5.12. The molecule has 2 N–H and O–H groups in total. The van der Waals surface area contributed by atoms with Gasteiger partial charge in [0.1, 0.15) is 6.04 Å². The van der Waals surface area contributed by atoms with Crippen LogP contribution in [0.15, 0.2) is 24.3 Å². The zero-order chi connectivity index (χ0) is 13.8. The van der Waals surface area contributed by atoms with Crippen molar-refractivity contribution in [2.24, 2.45) is 0 Å². The average Bonchev–Trinajstić information content (AvgIpc) is 2.40. The van der Waals surface area contributed by atoms with E-state index in [1.807, 2.05) is 19.1 Å². The Labute approximate surface area is 114 Å². The van der Waals surface area contributed by atoms with Crippen molar-refractivity contribution in [1.82, 2.24) is 5.32 Å². The first-order chi connectivity index (χ1) is 9.13. The summed E-state index contributed by atoms with van der Waals surface area (Å²) in [4.78, 5) is 13.5. The van der Waals surface area contributed by atoms with E-state index in [9.17, 15) is 9.90 Å². The van der Waals surface area contributed by atoms with Gasteiger partial charge in [-0.3, -0.25) is 4.79 Å². The molecule has 0 saturated heterocycles. The summed E-state index contributed by atoms with van der Waals surface area (Å²) < 4.78 is 0. The molecule has 2 rings (SSSR count). The van der Waals surface area contributed by atoms with Gasteiger partial charge in [-0.2, -0.15) is 0 Å². The number of rotatable bonds is 5. The molecule has 1 aromatic carbocycles. The highest BCUT2D eigenvalue weighted by Gasteiger charge is 2.27. The average molecular weight is 262 g/mol. The lowest BCUT2D eigenvalue weighted by Gasteiger charge is -2.38. The maximum Gasteiger partial charge on any atom is 0.322 e. The van der Waals surface area contributed by atoms with Gasteiger partial charge in [0.05, 0.1) is 0 Å². The van der Waals surface area contributed by atoms with E-state index in [0.717, 1.165) is 12.8 Å². The van der Waals surface area contributed by atoms with E-state index in [0.29, 0.717) is 19.1 Å². The number of fused-ring (bicyclic) bond motifs is 1. The van der Waals surface area contributed by atoms with Crippen LogP contribution < -0.4 is 10.2 Å². The number of para-hydroxylation sites is 1. The standard InChI is InChI=1S/C15H22N2O2/c1-3-16-13(15(18)19)10-17-11(2)8-9-12-6-4-5-7-14(12)17/h4-7,11,13,16H,3,8-10H2,1-2H3,(H,18,19). The van der Waals surface area contributed by atoms with Gasteiger partial charge in [0, 0.05) is 18.3 Å². The van der Waals surface area contributed by atoms with Crippen molar-refractivity contribution in [3.8, 4) is 0 Å². The molecule has 19 heavy (non-hydrogen) atoms. The molecule has 0 spiro atoms. The van der Waals surface area contributed by atoms with Gasteiger partial charge in [-0.25, -0.2) is 0 Å². The lowest BCUT2D eigenvalue weighted by molar-refractivity contribution is -0.139. The molecular formula is C15H22N2O2. The fourth-order valence-electron chi connectivity index (χ4n) is 2.71. The number of likely N-dealkylation sites (N-methyl/N-ethyl adjacent to an activating group) is 1. The van der Waals surface area contributed by atoms with E-state index in [4.69, 9.17) is 0 Å². The van der Waals surface area contributed by atoms with E-state index in [-0.39, 0.29) is 0 Å². The van der Waals surface area contributed by atoms with Gasteiger partial charge >= 0.3 is 5.97 Å². The number of anilines is 1. The molecule has 4 nitrogen and oxygen atoms in total. The monoisotopic (exact) mass is 262 g/mol. The first-order valence-corrected chi connectivity index (χ1v) is 6.94. The van der Waals surface area contributed by atoms with Gasteiger partial charge in [0.25, 0.3) is 0 Å². The molecule has 2 unspecified atom stereocenters. The Kier molecular flexibility index (Phi) is 4.43. The molecule has 2 atom stereocenters. The minimum atomic E-state index is -0.780. The minimum Gasteiger partial charge on any atom is -0.480 e. The maximum absolute atomic E-state index is 11.3. The van der Waals surface area contributed by atoms with Crippen molar-refractivity contribution in [2.45, 2.75) is 38.8 Å². The Balaban J connectivity index is 2.20.